The van der Waals surface area contributed by atoms with E-state index in [0.717, 1.165) is 37.8 Å². The molecule has 0 aliphatic carbocycles. The van der Waals surface area contributed by atoms with Crippen LogP contribution in [0.5, 0.6) is 0 Å². The van der Waals surface area contributed by atoms with Gasteiger partial charge in [0.1, 0.15) is 6.04 Å². The van der Waals surface area contributed by atoms with E-state index in [1.807, 2.05) is 29.2 Å². The van der Waals surface area contributed by atoms with Crippen LogP contribution in [0.1, 0.15) is 77.3 Å². The highest BCUT2D eigenvalue weighted by Crippen LogP contribution is 2.33. The van der Waals surface area contributed by atoms with Gasteiger partial charge in [-0.05, 0) is 43.9 Å². The number of amides is 1. The second-order valence-electron chi connectivity index (χ2n) is 9.50. The minimum absolute atomic E-state index is 0.102. The molecule has 2 atom stereocenters. The predicted molar refractivity (Wildman–Crippen MR) is 111 cm³/mol. The van der Waals surface area contributed by atoms with Crippen molar-refractivity contribution in [3.63, 3.8) is 0 Å². The average Bonchev–Trinajstić information content (AvgIpc) is 3.10. The van der Waals surface area contributed by atoms with Crippen LogP contribution < -0.4 is 0 Å². The third kappa shape index (κ3) is 5.21. The minimum Gasteiger partial charge on any atom is -0.337 e. The molecule has 1 saturated heterocycles. The fourth-order valence-electron chi connectivity index (χ4n) is 4.21. The number of aromatic nitrogens is 2. The Kier molecular flexibility index (Phi) is 6.21. The second kappa shape index (κ2) is 8.46. The van der Waals surface area contributed by atoms with Crippen molar-refractivity contribution in [2.24, 2.45) is 11.3 Å². The molecule has 5 heteroatoms. The van der Waals surface area contributed by atoms with Gasteiger partial charge in [0.25, 0.3) is 0 Å². The van der Waals surface area contributed by atoms with E-state index in [-0.39, 0.29) is 17.4 Å². The molecule has 3 rings (SSSR count). The van der Waals surface area contributed by atoms with Crippen LogP contribution in [0, 0.1) is 18.3 Å². The lowest BCUT2D eigenvalue weighted by Gasteiger charge is -2.34. The van der Waals surface area contributed by atoms with Gasteiger partial charge >= 0.3 is 0 Å². The largest absolute Gasteiger partial charge is 0.337 e. The molecule has 152 valence electrons. The number of carbonyl (C=O) groups is 1. The molecule has 0 radical (unpaired) electrons. The Bertz CT molecular complexity index is 789. The smallest absolute Gasteiger partial charge is 0.249 e. The second-order valence-corrected chi connectivity index (χ2v) is 9.50. The molecule has 0 N–H and O–H groups in total. The third-order valence-electron chi connectivity index (χ3n) is 5.34. The molecule has 1 aromatic heterocycles. The Balaban J connectivity index is 1.73. The van der Waals surface area contributed by atoms with Crippen molar-refractivity contribution < 1.29 is 9.32 Å². The van der Waals surface area contributed by atoms with E-state index in [4.69, 9.17) is 4.52 Å². The van der Waals surface area contributed by atoms with Gasteiger partial charge in [-0.2, -0.15) is 4.98 Å². The van der Waals surface area contributed by atoms with Gasteiger partial charge in [0.2, 0.25) is 17.6 Å². The van der Waals surface area contributed by atoms with Crippen LogP contribution in [-0.2, 0) is 4.79 Å². The maximum atomic E-state index is 13.0. The van der Waals surface area contributed by atoms with E-state index in [9.17, 15) is 4.79 Å². The molecule has 0 spiro atoms. The Morgan fingerprint density at radius 2 is 1.96 bits per heavy atom. The first-order valence-corrected chi connectivity index (χ1v) is 10.4. The standard InChI is InChI=1S/C23H33N3O2/c1-16-9-11-18(12-10-16)21-24-22(28-25-21)19-8-6-7-13-26(19)20(27)14-17(2)15-23(3,4)5/h9-12,17,19H,6-8,13-15H2,1-5H3/t17-,19+/m1/s1. The van der Waals surface area contributed by atoms with Gasteiger partial charge in [-0.3, -0.25) is 4.79 Å². The molecule has 2 heterocycles. The zero-order valence-corrected chi connectivity index (χ0v) is 17.9. The topological polar surface area (TPSA) is 59.2 Å². The first kappa shape index (κ1) is 20.6. The van der Waals surface area contributed by atoms with Crippen molar-refractivity contribution in [3.05, 3.63) is 35.7 Å². The molecule has 5 nitrogen and oxygen atoms in total. The zero-order valence-electron chi connectivity index (χ0n) is 17.9. The van der Waals surface area contributed by atoms with Crippen molar-refractivity contribution in [2.45, 2.75) is 72.8 Å². The van der Waals surface area contributed by atoms with Gasteiger partial charge in [0, 0.05) is 18.5 Å². The summed E-state index contributed by atoms with van der Waals surface area (Å²) in [5.74, 6) is 1.72. The van der Waals surface area contributed by atoms with Crippen molar-refractivity contribution in [3.8, 4) is 11.4 Å². The molecule has 2 aromatic rings. The number of hydrogen-bond donors (Lipinski definition) is 0. The van der Waals surface area contributed by atoms with Gasteiger partial charge in [0.15, 0.2) is 0 Å². The Morgan fingerprint density at radius 3 is 2.64 bits per heavy atom. The maximum absolute atomic E-state index is 13.0. The van der Waals surface area contributed by atoms with Gasteiger partial charge in [-0.1, -0.05) is 62.7 Å². The molecular formula is C23H33N3O2. The Labute approximate surface area is 168 Å². The predicted octanol–water partition coefficient (Wildman–Crippen LogP) is 5.56. The molecule has 1 aliphatic rings. The number of likely N-dealkylation sites (tertiary alicyclic amines) is 1. The van der Waals surface area contributed by atoms with Crippen LogP contribution in [0.4, 0.5) is 0 Å². The highest BCUT2D eigenvalue weighted by molar-refractivity contribution is 5.77. The van der Waals surface area contributed by atoms with Crippen molar-refractivity contribution in [1.29, 1.82) is 0 Å². The summed E-state index contributed by atoms with van der Waals surface area (Å²) in [4.78, 5) is 19.6. The number of benzene rings is 1. The molecule has 1 aliphatic heterocycles. The number of hydrogen-bond acceptors (Lipinski definition) is 4. The van der Waals surface area contributed by atoms with Crippen LogP contribution in [0.15, 0.2) is 28.8 Å². The van der Waals surface area contributed by atoms with Crippen LogP contribution in [-0.4, -0.2) is 27.5 Å². The van der Waals surface area contributed by atoms with E-state index >= 15 is 0 Å². The fourth-order valence-corrected chi connectivity index (χ4v) is 4.21. The molecule has 0 saturated carbocycles. The van der Waals surface area contributed by atoms with Crippen molar-refractivity contribution in [1.82, 2.24) is 15.0 Å². The summed E-state index contributed by atoms with van der Waals surface area (Å²) in [5, 5.41) is 4.17. The summed E-state index contributed by atoms with van der Waals surface area (Å²) in [7, 11) is 0. The maximum Gasteiger partial charge on any atom is 0.249 e. The first-order chi connectivity index (χ1) is 13.2. The van der Waals surface area contributed by atoms with Crippen LogP contribution >= 0.6 is 0 Å². The summed E-state index contributed by atoms with van der Waals surface area (Å²) >= 11 is 0. The number of piperidine rings is 1. The normalized spacial score (nSPS) is 18.9. The summed E-state index contributed by atoms with van der Waals surface area (Å²) in [6.07, 6.45) is 4.61. The molecule has 1 aromatic carbocycles. The zero-order chi connectivity index (χ0) is 20.3. The molecule has 0 bridgehead atoms. The molecular weight excluding hydrogens is 350 g/mol. The van der Waals surface area contributed by atoms with Crippen LogP contribution in [0.2, 0.25) is 0 Å². The van der Waals surface area contributed by atoms with Crippen LogP contribution in [0.3, 0.4) is 0 Å². The molecule has 1 fully saturated rings. The fraction of sp³-hybridized carbons (Fsp3) is 0.609. The van der Waals surface area contributed by atoms with Gasteiger partial charge in [-0.15, -0.1) is 0 Å². The number of aryl methyl sites for hydroxylation is 1. The minimum atomic E-state index is -0.102. The van der Waals surface area contributed by atoms with E-state index in [0.29, 0.717) is 24.1 Å². The number of rotatable bonds is 5. The molecule has 1 amide bonds. The summed E-state index contributed by atoms with van der Waals surface area (Å²) in [6, 6.07) is 7.98. The lowest BCUT2D eigenvalue weighted by Crippen LogP contribution is -2.39. The lowest BCUT2D eigenvalue weighted by molar-refractivity contribution is -0.136. The first-order valence-electron chi connectivity index (χ1n) is 10.4. The number of carbonyl (C=O) groups excluding carboxylic acids is 1. The van der Waals surface area contributed by atoms with Gasteiger partial charge < -0.3 is 9.42 Å². The number of nitrogens with zero attached hydrogens (tertiary/aromatic N) is 3. The Morgan fingerprint density at radius 1 is 1.25 bits per heavy atom. The van der Waals surface area contributed by atoms with E-state index in [1.54, 1.807) is 0 Å². The van der Waals surface area contributed by atoms with Crippen molar-refractivity contribution >= 4 is 5.91 Å². The van der Waals surface area contributed by atoms with Crippen LogP contribution in [0.25, 0.3) is 11.4 Å². The lowest BCUT2D eigenvalue weighted by atomic mass is 9.84. The summed E-state index contributed by atoms with van der Waals surface area (Å²) in [5.41, 5.74) is 2.37. The average molecular weight is 384 g/mol. The third-order valence-corrected chi connectivity index (χ3v) is 5.34. The Hall–Kier alpha value is -2.17. The quantitative estimate of drug-likeness (QED) is 0.678. The van der Waals surface area contributed by atoms with E-state index < -0.39 is 0 Å². The summed E-state index contributed by atoms with van der Waals surface area (Å²) in [6.45, 7) is 11.7. The monoisotopic (exact) mass is 383 g/mol. The SMILES string of the molecule is Cc1ccc(-c2noc([C@@H]3CCCCN3C(=O)C[C@@H](C)CC(C)(C)C)n2)cc1. The molecule has 0 unspecified atom stereocenters. The summed E-state index contributed by atoms with van der Waals surface area (Å²) < 4.78 is 5.60. The van der Waals surface area contributed by atoms with Crippen molar-refractivity contribution in [2.75, 3.05) is 6.54 Å². The molecule has 28 heavy (non-hydrogen) atoms. The van der Waals surface area contributed by atoms with Gasteiger partial charge in [0.05, 0.1) is 0 Å². The van der Waals surface area contributed by atoms with Gasteiger partial charge in [-0.25, -0.2) is 0 Å². The highest BCUT2D eigenvalue weighted by Gasteiger charge is 2.33. The van der Waals surface area contributed by atoms with E-state index in [2.05, 4.69) is 44.8 Å². The highest BCUT2D eigenvalue weighted by atomic mass is 16.5. The van der Waals surface area contributed by atoms with E-state index in [1.165, 1.54) is 5.56 Å².